The lowest BCUT2D eigenvalue weighted by Crippen LogP contribution is -2.62. The van der Waals surface area contributed by atoms with Crippen molar-refractivity contribution in [1.82, 2.24) is 19.6 Å². The first-order valence-corrected chi connectivity index (χ1v) is 10.3. The topological polar surface area (TPSA) is 73.8 Å². The van der Waals surface area contributed by atoms with E-state index in [9.17, 15) is 14.0 Å². The summed E-state index contributed by atoms with van der Waals surface area (Å²) in [7, 11) is 1.62. The molecule has 0 aliphatic carbocycles. The number of halogens is 1. The van der Waals surface area contributed by atoms with Gasteiger partial charge in [-0.1, -0.05) is 31.0 Å². The molecule has 2 aliphatic rings. The average molecular weight is 425 g/mol. The van der Waals surface area contributed by atoms with E-state index in [1.165, 1.54) is 21.9 Å². The van der Waals surface area contributed by atoms with Crippen LogP contribution in [-0.4, -0.2) is 67.5 Å². The van der Waals surface area contributed by atoms with Crippen LogP contribution < -0.4 is 0 Å². The maximum Gasteiger partial charge on any atom is 0.421 e. The molecule has 2 aromatic rings. The molecule has 0 radical (unpaired) electrons. The second-order valence-corrected chi connectivity index (χ2v) is 8.45. The van der Waals surface area contributed by atoms with E-state index in [1.54, 1.807) is 23.9 Å². The maximum absolute atomic E-state index is 13.5. The molecular weight excluding hydrogens is 399 g/mol. The summed E-state index contributed by atoms with van der Waals surface area (Å²) in [5.74, 6) is 0.477. The molecule has 0 saturated carbocycles. The summed E-state index contributed by atoms with van der Waals surface area (Å²) in [5.41, 5.74) is 2.42. The minimum Gasteiger partial charge on any atom is -0.270 e. The predicted molar refractivity (Wildman–Crippen MR) is 113 cm³/mol. The van der Waals surface area contributed by atoms with Crippen molar-refractivity contribution < 1.29 is 18.6 Å². The normalized spacial score (nSPS) is 18.9. The second kappa shape index (κ2) is 7.72. The first-order chi connectivity index (χ1) is 14.7. The van der Waals surface area contributed by atoms with Gasteiger partial charge in [0.1, 0.15) is 11.5 Å². The molecule has 1 aromatic carbocycles. The highest BCUT2D eigenvalue weighted by Gasteiger charge is 2.53. The number of imide groups is 1. The second-order valence-electron chi connectivity index (χ2n) is 8.45. The lowest BCUT2D eigenvalue weighted by atomic mass is 10.1. The van der Waals surface area contributed by atoms with Gasteiger partial charge < -0.3 is 0 Å². The summed E-state index contributed by atoms with van der Waals surface area (Å²) >= 11 is 0. The van der Waals surface area contributed by atoms with Gasteiger partial charge in [0.2, 0.25) is 11.9 Å². The Morgan fingerprint density at radius 3 is 2.42 bits per heavy atom. The van der Waals surface area contributed by atoms with Gasteiger partial charge in [0.15, 0.2) is 0 Å². The summed E-state index contributed by atoms with van der Waals surface area (Å²) in [4.78, 5) is 33.9. The van der Waals surface area contributed by atoms with E-state index >= 15 is 0 Å². The number of rotatable bonds is 4. The van der Waals surface area contributed by atoms with E-state index < -0.39 is 12.1 Å². The first kappa shape index (κ1) is 20.9. The van der Waals surface area contributed by atoms with Crippen molar-refractivity contribution in [2.24, 2.45) is 10.9 Å². The van der Waals surface area contributed by atoms with Gasteiger partial charge in [0.05, 0.1) is 18.8 Å². The molecule has 4 rings (SSSR count). The van der Waals surface area contributed by atoms with Gasteiger partial charge in [0, 0.05) is 7.05 Å². The van der Waals surface area contributed by atoms with Crippen LogP contribution in [-0.2, 0) is 11.3 Å². The third kappa shape index (κ3) is 3.64. The molecular formula is C22H26FN6O2+. The zero-order valence-corrected chi connectivity index (χ0v) is 18.3. The van der Waals surface area contributed by atoms with Crippen LogP contribution in [0.2, 0.25) is 0 Å². The van der Waals surface area contributed by atoms with E-state index in [2.05, 4.69) is 18.9 Å². The monoisotopic (exact) mass is 425 g/mol. The van der Waals surface area contributed by atoms with Crippen molar-refractivity contribution in [3.05, 3.63) is 53.1 Å². The molecule has 1 unspecified atom stereocenters. The Labute approximate surface area is 180 Å². The summed E-state index contributed by atoms with van der Waals surface area (Å²) in [6, 6.07) is 6.56. The molecule has 3 amide bonds. The smallest absolute Gasteiger partial charge is 0.270 e. The SMILES string of the molecule is Cc1cc(C)n(C2=[N+](CC(C)C)C3C(=O)N(Cc4ccc(F)cc4)C(=O)N(C)C3=N2)n1. The molecule has 0 spiro atoms. The quantitative estimate of drug-likeness (QED) is 0.706. The summed E-state index contributed by atoms with van der Waals surface area (Å²) in [6.07, 6.45) is 0. The Hall–Kier alpha value is -3.36. The molecule has 0 N–H and O–H groups in total. The Balaban J connectivity index is 1.77. The molecule has 2 aliphatic heterocycles. The van der Waals surface area contributed by atoms with E-state index in [-0.39, 0.29) is 24.2 Å². The van der Waals surface area contributed by atoms with Gasteiger partial charge in [-0.3, -0.25) is 14.6 Å². The number of aromatic nitrogens is 2. The highest BCUT2D eigenvalue weighted by Crippen LogP contribution is 2.23. The lowest BCUT2D eigenvalue weighted by molar-refractivity contribution is -0.543. The van der Waals surface area contributed by atoms with Gasteiger partial charge in [-0.05, 0) is 43.5 Å². The number of nitrogens with zero attached hydrogens (tertiary/aromatic N) is 6. The standard InChI is InChI=1S/C22H26FN6O2/c1-13(2)11-27-18-19(24-21(27)29-15(4)10-14(3)25-29)26(5)22(31)28(20(18)30)12-16-6-8-17(23)9-7-16/h6-10,13,18H,11-12H2,1-5H3/q+1. The number of hydrogen-bond donors (Lipinski definition) is 0. The predicted octanol–water partition coefficient (Wildman–Crippen LogP) is 2.39. The number of likely N-dealkylation sites (N-methyl/N-ethyl adjacent to an activating group) is 1. The third-order valence-corrected chi connectivity index (χ3v) is 5.40. The first-order valence-electron chi connectivity index (χ1n) is 10.3. The van der Waals surface area contributed by atoms with Crippen LogP contribution in [0, 0.1) is 25.6 Å². The minimum atomic E-state index is -0.718. The summed E-state index contributed by atoms with van der Waals surface area (Å²) < 4.78 is 16.9. The van der Waals surface area contributed by atoms with Crippen molar-refractivity contribution in [1.29, 1.82) is 0 Å². The molecule has 1 fully saturated rings. The molecule has 0 bridgehead atoms. The number of fused-ring (bicyclic) bond motifs is 1. The Kier molecular flexibility index (Phi) is 5.20. The van der Waals surface area contributed by atoms with E-state index in [0.29, 0.717) is 23.9 Å². The van der Waals surface area contributed by atoms with Crippen LogP contribution in [0.25, 0.3) is 0 Å². The molecule has 3 heterocycles. The molecule has 8 nitrogen and oxygen atoms in total. The molecule has 162 valence electrons. The van der Waals surface area contributed by atoms with Crippen molar-refractivity contribution in [3.63, 3.8) is 0 Å². The molecule has 31 heavy (non-hydrogen) atoms. The van der Waals surface area contributed by atoms with Crippen LogP contribution >= 0.6 is 0 Å². The van der Waals surface area contributed by atoms with Crippen molar-refractivity contribution in [2.45, 2.75) is 40.3 Å². The van der Waals surface area contributed by atoms with Gasteiger partial charge in [-0.15, -0.1) is 9.78 Å². The number of aliphatic imine (C=N–C) groups is 1. The van der Waals surface area contributed by atoms with Gasteiger partial charge >= 0.3 is 12.0 Å². The Morgan fingerprint density at radius 1 is 1.16 bits per heavy atom. The fourth-order valence-electron chi connectivity index (χ4n) is 4.00. The number of aryl methyl sites for hydroxylation is 2. The van der Waals surface area contributed by atoms with Crippen LogP contribution in [0.1, 0.15) is 30.8 Å². The Bertz CT molecular complexity index is 1120. The van der Waals surface area contributed by atoms with Gasteiger partial charge in [-0.25, -0.2) is 13.8 Å². The largest absolute Gasteiger partial charge is 0.421 e. The number of hydrogen-bond acceptors (Lipinski definition) is 4. The lowest BCUT2D eigenvalue weighted by Gasteiger charge is -2.34. The van der Waals surface area contributed by atoms with Crippen LogP contribution in [0.15, 0.2) is 35.3 Å². The number of carbonyl (C=O) groups is 2. The minimum absolute atomic E-state index is 0.0663. The number of carbonyl (C=O) groups excluding carboxylic acids is 2. The molecule has 1 saturated heterocycles. The molecule has 1 atom stereocenters. The highest BCUT2D eigenvalue weighted by molar-refractivity contribution is 6.22. The van der Waals surface area contributed by atoms with Crippen LogP contribution in [0.4, 0.5) is 9.18 Å². The molecule has 9 heteroatoms. The van der Waals surface area contributed by atoms with Crippen LogP contribution in [0.3, 0.4) is 0 Å². The van der Waals surface area contributed by atoms with E-state index in [1.807, 2.05) is 24.5 Å². The molecule has 1 aromatic heterocycles. The number of urea groups is 1. The van der Waals surface area contributed by atoms with Crippen molar-refractivity contribution >= 4 is 23.7 Å². The van der Waals surface area contributed by atoms with E-state index in [4.69, 9.17) is 4.99 Å². The summed E-state index contributed by atoms with van der Waals surface area (Å²) in [5, 5.41) is 4.54. The fourth-order valence-corrected chi connectivity index (χ4v) is 4.00. The van der Waals surface area contributed by atoms with Crippen molar-refractivity contribution in [3.8, 4) is 0 Å². The number of amides is 3. The van der Waals surface area contributed by atoms with Gasteiger partial charge in [0.25, 0.3) is 5.91 Å². The average Bonchev–Trinajstić information content (AvgIpc) is 3.24. The maximum atomic E-state index is 13.5. The van der Waals surface area contributed by atoms with E-state index in [0.717, 1.165) is 11.4 Å². The van der Waals surface area contributed by atoms with Crippen molar-refractivity contribution in [2.75, 3.05) is 13.6 Å². The summed E-state index contributed by atoms with van der Waals surface area (Å²) in [6.45, 7) is 8.60. The van der Waals surface area contributed by atoms with Gasteiger partial charge in [-0.2, -0.15) is 0 Å². The fraction of sp³-hybridized carbons (Fsp3) is 0.409. The zero-order valence-electron chi connectivity index (χ0n) is 18.3. The third-order valence-electron chi connectivity index (χ3n) is 5.40. The zero-order chi connectivity index (χ0) is 22.4. The highest BCUT2D eigenvalue weighted by atomic mass is 19.1. The van der Waals surface area contributed by atoms with Crippen LogP contribution in [0.5, 0.6) is 0 Å². The Morgan fingerprint density at radius 2 is 1.84 bits per heavy atom. The number of amidine groups is 1. The number of benzene rings is 1.